The number of aromatic nitrogens is 3. The van der Waals surface area contributed by atoms with Crippen molar-refractivity contribution >= 4 is 11.8 Å². The van der Waals surface area contributed by atoms with Gasteiger partial charge in [0, 0.05) is 24.4 Å². The van der Waals surface area contributed by atoms with Crippen LogP contribution >= 0.6 is 0 Å². The number of carbonyl (C=O) groups is 2. The Hall–Kier alpha value is -4.00. The lowest BCUT2D eigenvalue weighted by Gasteiger charge is -2.31. The van der Waals surface area contributed by atoms with Crippen molar-refractivity contribution < 1.29 is 37.0 Å². The van der Waals surface area contributed by atoms with E-state index in [1.165, 1.54) is 36.9 Å². The smallest absolute Gasteiger partial charge is 0.424 e. The van der Waals surface area contributed by atoms with E-state index in [1.807, 2.05) is 0 Å². The summed E-state index contributed by atoms with van der Waals surface area (Å²) in [6, 6.07) is 5.58. The van der Waals surface area contributed by atoms with Gasteiger partial charge in [-0.05, 0) is 44.2 Å². The first kappa shape index (κ1) is 26.1. The molecule has 4 rings (SSSR count). The Balaban J connectivity index is 1.85. The fourth-order valence-electron chi connectivity index (χ4n) is 4.06. The average molecular weight is 521 g/mol. The lowest BCUT2D eigenvalue weighted by Crippen LogP contribution is -2.52. The molecule has 0 bridgehead atoms. The second kappa shape index (κ2) is 8.83. The van der Waals surface area contributed by atoms with Gasteiger partial charge in [-0.25, -0.2) is 9.37 Å². The first-order chi connectivity index (χ1) is 17.2. The van der Waals surface area contributed by atoms with Gasteiger partial charge < -0.3 is 20.9 Å². The van der Waals surface area contributed by atoms with Gasteiger partial charge in [-0.1, -0.05) is 0 Å². The van der Waals surface area contributed by atoms with Gasteiger partial charge in [0.25, 0.3) is 5.91 Å². The number of nitrogens with two attached hydrogens (primary N) is 1. The van der Waals surface area contributed by atoms with Crippen LogP contribution in [0.2, 0.25) is 0 Å². The summed E-state index contributed by atoms with van der Waals surface area (Å²) in [5.74, 6) is -2.38. The first-order valence-corrected chi connectivity index (χ1v) is 11.0. The normalized spacial score (nSPS) is 18.6. The van der Waals surface area contributed by atoms with Crippen molar-refractivity contribution in [3.63, 3.8) is 0 Å². The first-order valence-electron chi connectivity index (χ1n) is 11.0. The predicted octanol–water partition coefficient (Wildman–Crippen LogP) is 2.24. The van der Waals surface area contributed by atoms with Crippen LogP contribution in [0.15, 0.2) is 36.5 Å². The summed E-state index contributed by atoms with van der Waals surface area (Å²) in [7, 11) is 1.54. The minimum absolute atomic E-state index is 0.0174. The quantitative estimate of drug-likeness (QED) is 0.427. The topological polar surface area (TPSA) is 132 Å². The zero-order valence-electron chi connectivity index (χ0n) is 20.0. The van der Waals surface area contributed by atoms with Crippen LogP contribution in [0.4, 0.5) is 17.6 Å². The average Bonchev–Trinajstić information content (AvgIpc) is 3.35. The van der Waals surface area contributed by atoms with Crippen LogP contribution < -0.4 is 15.8 Å². The highest BCUT2D eigenvalue weighted by Crippen LogP contribution is 2.47. The van der Waals surface area contributed by atoms with E-state index in [9.17, 15) is 32.3 Å². The van der Waals surface area contributed by atoms with E-state index in [2.05, 4.69) is 15.4 Å². The molecule has 37 heavy (non-hydrogen) atoms. The molecule has 0 spiro atoms. The predicted molar refractivity (Wildman–Crippen MR) is 122 cm³/mol. The van der Waals surface area contributed by atoms with E-state index in [0.29, 0.717) is 0 Å². The third kappa shape index (κ3) is 4.39. The molecule has 196 valence electrons. The Kier molecular flexibility index (Phi) is 6.23. The molecule has 2 amide bonds. The van der Waals surface area contributed by atoms with E-state index in [4.69, 9.17) is 10.5 Å². The van der Waals surface area contributed by atoms with Gasteiger partial charge in [0.15, 0.2) is 0 Å². The molecule has 0 radical (unpaired) electrons. The van der Waals surface area contributed by atoms with Crippen molar-refractivity contribution in [3.05, 3.63) is 64.9 Å². The molecular formula is C24H23F4N5O4. The molecular weight excluding hydrogens is 498 g/mol. The lowest BCUT2D eigenvalue weighted by molar-refractivity contribution is -0.265. The van der Waals surface area contributed by atoms with Crippen LogP contribution in [0.25, 0.3) is 11.3 Å². The molecule has 0 aliphatic carbocycles. The molecule has 2 aromatic heterocycles. The summed E-state index contributed by atoms with van der Waals surface area (Å²) in [5, 5.41) is 17.1. The number of amides is 2. The Labute approximate surface area is 208 Å². The standard InChI is InChI=1S/C24H23F4N5O4/c1-12-15(9-33(3)32-12)20(34)30-10-23(36,24(26,27)28)17-8-16-19(37-11-22(16,2)21(29)35)18(31-17)13-4-6-14(25)7-5-13/h4-9,36H,10-11H2,1-3H3,(H2,29,35)(H,30,34)/t22-,23?/m0/s1. The number of hydrogen-bond acceptors (Lipinski definition) is 6. The Morgan fingerprint density at radius 1 is 1.27 bits per heavy atom. The highest BCUT2D eigenvalue weighted by atomic mass is 19.4. The fourth-order valence-corrected chi connectivity index (χ4v) is 4.06. The molecule has 9 nitrogen and oxygen atoms in total. The number of halogens is 4. The number of aliphatic hydroxyl groups is 1. The second-order valence-corrected chi connectivity index (χ2v) is 9.07. The molecule has 2 atom stereocenters. The largest absolute Gasteiger partial charge is 0.489 e. The van der Waals surface area contributed by atoms with Crippen molar-refractivity contribution in [2.24, 2.45) is 12.8 Å². The van der Waals surface area contributed by atoms with Crippen molar-refractivity contribution in [1.29, 1.82) is 0 Å². The minimum atomic E-state index is -5.31. The maximum atomic E-state index is 14.4. The van der Waals surface area contributed by atoms with Crippen LogP contribution in [0.3, 0.4) is 0 Å². The number of alkyl halides is 3. The summed E-state index contributed by atoms with van der Waals surface area (Å²) >= 11 is 0. The molecule has 0 saturated heterocycles. The van der Waals surface area contributed by atoms with Gasteiger partial charge in [0.2, 0.25) is 11.5 Å². The summed E-state index contributed by atoms with van der Waals surface area (Å²) < 4.78 is 63.6. The van der Waals surface area contributed by atoms with Crippen molar-refractivity contribution in [3.8, 4) is 17.0 Å². The molecule has 0 fully saturated rings. The van der Waals surface area contributed by atoms with Crippen LogP contribution in [0.1, 0.15) is 34.2 Å². The van der Waals surface area contributed by atoms with Crippen LogP contribution in [-0.2, 0) is 22.9 Å². The van der Waals surface area contributed by atoms with E-state index in [0.717, 1.165) is 18.2 Å². The Bertz CT molecular complexity index is 1390. The number of nitrogens with one attached hydrogen (secondary N) is 1. The molecule has 4 N–H and O–H groups in total. The van der Waals surface area contributed by atoms with Gasteiger partial charge in [0.05, 0.1) is 23.5 Å². The number of pyridine rings is 1. The SMILES string of the molecule is Cc1nn(C)cc1C(=O)NCC(O)(c1cc2c(c(-c3ccc(F)cc3)n1)OC[C@]2(C)C(N)=O)C(F)(F)F. The van der Waals surface area contributed by atoms with E-state index >= 15 is 0 Å². The van der Waals surface area contributed by atoms with Gasteiger partial charge >= 0.3 is 6.18 Å². The van der Waals surface area contributed by atoms with Crippen LogP contribution in [-0.4, -0.2) is 51.0 Å². The number of hydrogen-bond donors (Lipinski definition) is 3. The second-order valence-electron chi connectivity index (χ2n) is 9.07. The molecule has 1 aliphatic rings. The third-order valence-corrected chi connectivity index (χ3v) is 6.39. The monoisotopic (exact) mass is 521 g/mol. The van der Waals surface area contributed by atoms with E-state index < -0.39 is 47.1 Å². The molecule has 1 aliphatic heterocycles. The number of aryl methyl sites for hydroxylation is 2. The number of ether oxygens (including phenoxy) is 1. The third-order valence-electron chi connectivity index (χ3n) is 6.39. The molecule has 13 heteroatoms. The number of primary amides is 1. The minimum Gasteiger partial charge on any atom is -0.489 e. The van der Waals surface area contributed by atoms with Gasteiger partial charge in [0.1, 0.15) is 29.3 Å². The van der Waals surface area contributed by atoms with E-state index in [-0.39, 0.29) is 40.4 Å². The van der Waals surface area contributed by atoms with Crippen molar-refractivity contribution in [1.82, 2.24) is 20.1 Å². The van der Waals surface area contributed by atoms with Crippen molar-refractivity contribution in [2.45, 2.75) is 31.0 Å². The lowest BCUT2D eigenvalue weighted by atomic mass is 9.81. The molecule has 3 heterocycles. The number of nitrogens with zero attached hydrogens (tertiary/aromatic N) is 3. The summed E-state index contributed by atoms with van der Waals surface area (Å²) in [5.41, 5.74) is -0.287. The molecule has 1 unspecified atom stereocenters. The van der Waals surface area contributed by atoms with Gasteiger partial charge in [-0.15, -0.1) is 0 Å². The summed E-state index contributed by atoms with van der Waals surface area (Å²) in [6.45, 7) is 1.32. The Morgan fingerprint density at radius 3 is 2.46 bits per heavy atom. The van der Waals surface area contributed by atoms with Crippen molar-refractivity contribution in [2.75, 3.05) is 13.2 Å². The fraction of sp³-hybridized carbons (Fsp3) is 0.333. The van der Waals surface area contributed by atoms with Gasteiger partial charge in [-0.2, -0.15) is 18.3 Å². The zero-order chi connectivity index (χ0) is 27.3. The number of fused-ring (bicyclic) bond motifs is 1. The molecule has 0 saturated carbocycles. The number of benzene rings is 1. The highest BCUT2D eigenvalue weighted by Gasteiger charge is 2.57. The van der Waals surface area contributed by atoms with Crippen LogP contribution in [0, 0.1) is 12.7 Å². The number of rotatable bonds is 6. The molecule has 3 aromatic rings. The number of carbonyl (C=O) groups excluding carboxylic acids is 2. The maximum Gasteiger partial charge on any atom is 0.424 e. The Morgan fingerprint density at radius 2 is 1.92 bits per heavy atom. The molecule has 1 aromatic carbocycles. The van der Waals surface area contributed by atoms with Gasteiger partial charge in [-0.3, -0.25) is 14.3 Å². The summed E-state index contributed by atoms with van der Waals surface area (Å²) in [4.78, 5) is 28.9. The van der Waals surface area contributed by atoms with E-state index in [1.54, 1.807) is 7.05 Å². The maximum absolute atomic E-state index is 14.4. The highest BCUT2D eigenvalue weighted by molar-refractivity contribution is 5.95. The summed E-state index contributed by atoms with van der Waals surface area (Å²) in [6.07, 6.45) is -3.98. The zero-order valence-corrected chi connectivity index (χ0v) is 20.0. The van der Waals surface area contributed by atoms with Crippen LogP contribution in [0.5, 0.6) is 5.75 Å².